The molecule has 0 fully saturated rings. The molecule has 0 bridgehead atoms. The average Bonchev–Trinajstić information content (AvgIpc) is 2.42. The Hall–Kier alpha value is -0.890. The summed E-state index contributed by atoms with van der Waals surface area (Å²) >= 11 is 5.63. The van der Waals surface area contributed by atoms with E-state index in [4.69, 9.17) is 21.1 Å². The van der Waals surface area contributed by atoms with E-state index in [0.29, 0.717) is 0 Å². The molecular weight excluding hydrogens is 248 g/mol. The molecule has 1 rings (SSSR count). The maximum atomic E-state index is 5.75. The van der Waals surface area contributed by atoms with E-state index in [0.717, 1.165) is 43.2 Å². The van der Waals surface area contributed by atoms with E-state index in [-0.39, 0.29) is 0 Å². The molecule has 0 aliphatic rings. The van der Waals surface area contributed by atoms with Gasteiger partial charge in [-0.15, -0.1) is 11.6 Å². The van der Waals surface area contributed by atoms with Crippen molar-refractivity contribution >= 4 is 11.6 Å². The van der Waals surface area contributed by atoms with Gasteiger partial charge in [0.1, 0.15) is 0 Å². The monoisotopic (exact) mass is 270 g/mol. The smallest absolute Gasteiger partial charge is 0.161 e. The van der Waals surface area contributed by atoms with Gasteiger partial charge in [0.2, 0.25) is 0 Å². The molecule has 0 amide bonds. The second-order valence-corrected chi connectivity index (χ2v) is 4.67. The zero-order valence-corrected chi connectivity index (χ0v) is 12.1. The zero-order valence-electron chi connectivity index (χ0n) is 11.4. The van der Waals surface area contributed by atoms with Crippen LogP contribution >= 0.6 is 11.6 Å². The van der Waals surface area contributed by atoms with Crippen molar-refractivity contribution in [3.8, 4) is 11.5 Å². The summed E-state index contributed by atoms with van der Waals surface area (Å²) in [6.07, 6.45) is 5.52. The highest BCUT2D eigenvalue weighted by atomic mass is 35.5. The first kappa shape index (κ1) is 15.2. The SMILES string of the molecule is CCc1ccc(OCCCCCCCl)c(OC)c1. The molecule has 0 N–H and O–H groups in total. The Morgan fingerprint density at radius 3 is 2.50 bits per heavy atom. The number of rotatable bonds is 9. The van der Waals surface area contributed by atoms with E-state index in [2.05, 4.69) is 13.0 Å². The Labute approximate surface area is 115 Å². The van der Waals surface area contributed by atoms with Crippen molar-refractivity contribution in [2.24, 2.45) is 0 Å². The van der Waals surface area contributed by atoms with E-state index >= 15 is 0 Å². The van der Waals surface area contributed by atoms with Crippen LogP contribution < -0.4 is 9.47 Å². The third-order valence-corrected chi connectivity index (χ3v) is 3.19. The predicted molar refractivity (Wildman–Crippen MR) is 77.1 cm³/mol. The minimum absolute atomic E-state index is 0.740. The minimum Gasteiger partial charge on any atom is -0.493 e. The summed E-state index contributed by atoms with van der Waals surface area (Å²) < 4.78 is 11.1. The van der Waals surface area contributed by atoms with Crippen LogP contribution in [0, 0.1) is 0 Å². The van der Waals surface area contributed by atoms with Crippen LogP contribution in [0.4, 0.5) is 0 Å². The normalized spacial score (nSPS) is 10.4. The first-order chi connectivity index (χ1) is 8.81. The molecule has 1 aromatic carbocycles. The summed E-state index contributed by atoms with van der Waals surface area (Å²) in [6.45, 7) is 2.87. The molecule has 0 saturated carbocycles. The number of alkyl halides is 1. The fraction of sp³-hybridized carbons (Fsp3) is 0.600. The van der Waals surface area contributed by atoms with E-state index in [1.165, 1.54) is 18.4 Å². The van der Waals surface area contributed by atoms with Crippen LogP contribution in [0.1, 0.15) is 38.2 Å². The van der Waals surface area contributed by atoms with Gasteiger partial charge in [-0.1, -0.05) is 25.8 Å². The lowest BCUT2D eigenvalue weighted by atomic mass is 10.1. The molecule has 0 aliphatic heterocycles. The molecular formula is C15H23ClO2. The Morgan fingerprint density at radius 1 is 1.06 bits per heavy atom. The predicted octanol–water partition coefficient (Wildman–Crippen LogP) is 4.44. The maximum Gasteiger partial charge on any atom is 0.161 e. The Kier molecular flexibility index (Phi) is 7.66. The van der Waals surface area contributed by atoms with Crippen LogP contribution in [-0.4, -0.2) is 19.6 Å². The fourth-order valence-corrected chi connectivity index (χ4v) is 1.97. The van der Waals surface area contributed by atoms with Gasteiger partial charge in [-0.3, -0.25) is 0 Å². The maximum absolute atomic E-state index is 5.75. The van der Waals surface area contributed by atoms with Crippen molar-refractivity contribution in [2.45, 2.75) is 39.0 Å². The lowest BCUT2D eigenvalue weighted by Crippen LogP contribution is -2.00. The number of aryl methyl sites for hydroxylation is 1. The van der Waals surface area contributed by atoms with Crippen molar-refractivity contribution in [3.05, 3.63) is 23.8 Å². The van der Waals surface area contributed by atoms with Gasteiger partial charge >= 0.3 is 0 Å². The summed E-state index contributed by atoms with van der Waals surface area (Å²) in [6, 6.07) is 6.13. The van der Waals surface area contributed by atoms with Gasteiger partial charge in [0.15, 0.2) is 11.5 Å². The highest BCUT2D eigenvalue weighted by molar-refractivity contribution is 6.17. The second kappa shape index (κ2) is 9.09. The van der Waals surface area contributed by atoms with E-state index in [1.54, 1.807) is 7.11 Å². The molecule has 18 heavy (non-hydrogen) atoms. The number of methoxy groups -OCH3 is 1. The number of benzene rings is 1. The van der Waals surface area contributed by atoms with Crippen LogP contribution in [0.5, 0.6) is 11.5 Å². The Balaban J connectivity index is 2.37. The Morgan fingerprint density at radius 2 is 1.83 bits per heavy atom. The summed E-state index contributed by atoms with van der Waals surface area (Å²) in [4.78, 5) is 0. The van der Waals surface area contributed by atoms with Crippen LogP contribution in [-0.2, 0) is 6.42 Å². The molecule has 0 radical (unpaired) electrons. The van der Waals surface area contributed by atoms with E-state index in [1.807, 2.05) is 12.1 Å². The standard InChI is InChI=1S/C15H23ClO2/c1-3-13-8-9-14(15(12-13)17-2)18-11-7-5-4-6-10-16/h8-9,12H,3-7,10-11H2,1-2H3. The van der Waals surface area contributed by atoms with Crippen molar-refractivity contribution in [1.29, 1.82) is 0 Å². The molecule has 0 saturated heterocycles. The van der Waals surface area contributed by atoms with Gasteiger partial charge in [0.25, 0.3) is 0 Å². The van der Waals surface area contributed by atoms with Crippen LogP contribution in [0.15, 0.2) is 18.2 Å². The number of hydrogen-bond acceptors (Lipinski definition) is 2. The molecule has 102 valence electrons. The van der Waals surface area contributed by atoms with E-state index in [9.17, 15) is 0 Å². The third kappa shape index (κ3) is 5.18. The van der Waals surface area contributed by atoms with Crippen LogP contribution in [0.3, 0.4) is 0 Å². The second-order valence-electron chi connectivity index (χ2n) is 4.29. The van der Waals surface area contributed by atoms with Crippen molar-refractivity contribution in [1.82, 2.24) is 0 Å². The number of ether oxygens (including phenoxy) is 2. The summed E-state index contributed by atoms with van der Waals surface area (Å²) in [5.41, 5.74) is 1.27. The third-order valence-electron chi connectivity index (χ3n) is 2.92. The topological polar surface area (TPSA) is 18.5 Å². The van der Waals surface area contributed by atoms with Gasteiger partial charge in [0, 0.05) is 5.88 Å². The van der Waals surface area contributed by atoms with Crippen molar-refractivity contribution in [2.75, 3.05) is 19.6 Å². The number of hydrogen-bond donors (Lipinski definition) is 0. The zero-order chi connectivity index (χ0) is 13.2. The molecule has 0 spiro atoms. The molecule has 2 nitrogen and oxygen atoms in total. The molecule has 0 unspecified atom stereocenters. The number of unbranched alkanes of at least 4 members (excludes halogenated alkanes) is 3. The van der Waals surface area contributed by atoms with Crippen LogP contribution in [0.25, 0.3) is 0 Å². The lowest BCUT2D eigenvalue weighted by Gasteiger charge is -2.11. The molecule has 1 aromatic rings. The summed E-state index contributed by atoms with van der Waals surface area (Å²) in [7, 11) is 1.68. The average molecular weight is 271 g/mol. The molecule has 0 atom stereocenters. The van der Waals surface area contributed by atoms with E-state index < -0.39 is 0 Å². The van der Waals surface area contributed by atoms with Gasteiger partial charge in [-0.05, 0) is 37.0 Å². The lowest BCUT2D eigenvalue weighted by molar-refractivity contribution is 0.285. The molecule has 0 aromatic heterocycles. The van der Waals surface area contributed by atoms with Crippen molar-refractivity contribution < 1.29 is 9.47 Å². The summed E-state index contributed by atoms with van der Waals surface area (Å²) in [5, 5.41) is 0. The van der Waals surface area contributed by atoms with Crippen molar-refractivity contribution in [3.63, 3.8) is 0 Å². The highest BCUT2D eigenvalue weighted by Crippen LogP contribution is 2.28. The van der Waals surface area contributed by atoms with Gasteiger partial charge in [0.05, 0.1) is 13.7 Å². The first-order valence-electron chi connectivity index (χ1n) is 6.67. The largest absolute Gasteiger partial charge is 0.493 e. The molecule has 0 heterocycles. The van der Waals surface area contributed by atoms with Gasteiger partial charge in [-0.2, -0.15) is 0 Å². The fourth-order valence-electron chi connectivity index (χ4n) is 1.78. The molecule has 0 aliphatic carbocycles. The Bertz CT molecular complexity index is 339. The highest BCUT2D eigenvalue weighted by Gasteiger charge is 2.04. The van der Waals surface area contributed by atoms with Gasteiger partial charge < -0.3 is 9.47 Å². The quantitative estimate of drug-likeness (QED) is 0.488. The first-order valence-corrected chi connectivity index (χ1v) is 7.21. The van der Waals surface area contributed by atoms with Crippen LogP contribution in [0.2, 0.25) is 0 Å². The molecule has 3 heteroatoms. The minimum atomic E-state index is 0.740. The summed E-state index contributed by atoms with van der Waals surface area (Å²) in [5.74, 6) is 2.43. The van der Waals surface area contributed by atoms with Gasteiger partial charge in [-0.25, -0.2) is 0 Å². The number of halogens is 1.